The number of nitrogens with one attached hydrogen (secondary N) is 3. The molecular formula is C23H31FN4O. The number of hydrogen-bond donors (Lipinski definition) is 3. The van der Waals surface area contributed by atoms with Crippen molar-refractivity contribution in [2.45, 2.75) is 46.2 Å². The Labute approximate surface area is 172 Å². The first-order valence-electron chi connectivity index (χ1n) is 10.2. The zero-order chi connectivity index (χ0) is 21.1. The Morgan fingerprint density at radius 1 is 1.07 bits per heavy atom. The third-order valence-electron chi connectivity index (χ3n) is 4.56. The van der Waals surface area contributed by atoms with Gasteiger partial charge in [0.1, 0.15) is 5.82 Å². The molecule has 0 saturated carbocycles. The van der Waals surface area contributed by atoms with E-state index in [2.05, 4.69) is 20.9 Å². The van der Waals surface area contributed by atoms with Crippen LogP contribution in [0.25, 0.3) is 0 Å². The molecule has 3 N–H and O–H groups in total. The van der Waals surface area contributed by atoms with Crippen molar-refractivity contribution in [3.63, 3.8) is 0 Å². The molecule has 0 radical (unpaired) electrons. The Morgan fingerprint density at radius 2 is 1.83 bits per heavy atom. The largest absolute Gasteiger partial charge is 0.357 e. The van der Waals surface area contributed by atoms with Gasteiger partial charge in [0, 0.05) is 24.7 Å². The molecule has 29 heavy (non-hydrogen) atoms. The summed E-state index contributed by atoms with van der Waals surface area (Å²) < 4.78 is 13.0. The molecule has 0 saturated heterocycles. The molecular weight excluding hydrogens is 367 g/mol. The summed E-state index contributed by atoms with van der Waals surface area (Å²) in [7, 11) is 0. The van der Waals surface area contributed by atoms with E-state index in [1.807, 2.05) is 45.0 Å². The quantitative estimate of drug-likeness (QED) is 0.446. The zero-order valence-corrected chi connectivity index (χ0v) is 17.5. The van der Waals surface area contributed by atoms with Gasteiger partial charge in [-0.3, -0.25) is 4.79 Å². The van der Waals surface area contributed by atoms with Crippen LogP contribution in [0.2, 0.25) is 0 Å². The molecule has 1 atom stereocenters. The van der Waals surface area contributed by atoms with E-state index in [0.717, 1.165) is 30.5 Å². The zero-order valence-electron chi connectivity index (χ0n) is 17.5. The summed E-state index contributed by atoms with van der Waals surface area (Å²) in [6, 6.07) is 14.2. The lowest BCUT2D eigenvalue weighted by Crippen LogP contribution is -2.38. The summed E-state index contributed by atoms with van der Waals surface area (Å²) in [5, 5.41) is 9.49. The minimum absolute atomic E-state index is 0.0606. The van der Waals surface area contributed by atoms with Crippen LogP contribution in [0, 0.1) is 5.82 Å². The van der Waals surface area contributed by atoms with Gasteiger partial charge in [0.25, 0.3) is 5.91 Å². The minimum Gasteiger partial charge on any atom is -0.357 e. The van der Waals surface area contributed by atoms with E-state index in [-0.39, 0.29) is 17.8 Å². The van der Waals surface area contributed by atoms with Gasteiger partial charge < -0.3 is 16.0 Å². The van der Waals surface area contributed by atoms with Crippen LogP contribution in [-0.2, 0) is 13.0 Å². The summed E-state index contributed by atoms with van der Waals surface area (Å²) in [6.45, 7) is 7.95. The van der Waals surface area contributed by atoms with E-state index in [1.54, 1.807) is 12.1 Å². The number of benzene rings is 2. The second-order valence-electron chi connectivity index (χ2n) is 6.98. The summed E-state index contributed by atoms with van der Waals surface area (Å²) in [5.74, 6) is 0.426. The highest BCUT2D eigenvalue weighted by molar-refractivity contribution is 5.94. The SMILES string of the molecule is CCNC(=NCc1cccc(C(=O)NC(C)CC)c1)NCCc1ccc(F)cc1. The summed E-state index contributed by atoms with van der Waals surface area (Å²) in [6.07, 6.45) is 1.67. The Kier molecular flexibility index (Phi) is 9.15. The maximum Gasteiger partial charge on any atom is 0.251 e. The lowest BCUT2D eigenvalue weighted by Gasteiger charge is -2.13. The van der Waals surface area contributed by atoms with Crippen molar-refractivity contribution in [2.24, 2.45) is 4.99 Å². The molecule has 156 valence electrons. The molecule has 0 bridgehead atoms. The van der Waals surface area contributed by atoms with Gasteiger partial charge in [-0.05, 0) is 62.1 Å². The third kappa shape index (κ3) is 7.94. The molecule has 0 fully saturated rings. The van der Waals surface area contributed by atoms with E-state index in [4.69, 9.17) is 0 Å². The summed E-state index contributed by atoms with van der Waals surface area (Å²) in [4.78, 5) is 16.9. The van der Waals surface area contributed by atoms with E-state index in [0.29, 0.717) is 24.6 Å². The molecule has 2 aromatic rings. The van der Waals surface area contributed by atoms with E-state index < -0.39 is 0 Å². The lowest BCUT2D eigenvalue weighted by molar-refractivity contribution is 0.0939. The van der Waals surface area contributed by atoms with Crippen molar-refractivity contribution in [2.75, 3.05) is 13.1 Å². The van der Waals surface area contributed by atoms with Gasteiger partial charge in [0.15, 0.2) is 5.96 Å². The fourth-order valence-electron chi connectivity index (χ4n) is 2.71. The van der Waals surface area contributed by atoms with E-state index in [9.17, 15) is 9.18 Å². The Morgan fingerprint density at radius 3 is 2.52 bits per heavy atom. The minimum atomic E-state index is -0.225. The van der Waals surface area contributed by atoms with Crippen molar-refractivity contribution in [1.29, 1.82) is 0 Å². The van der Waals surface area contributed by atoms with Crippen LogP contribution in [0.3, 0.4) is 0 Å². The number of carbonyl (C=O) groups is 1. The van der Waals surface area contributed by atoms with Crippen LogP contribution >= 0.6 is 0 Å². The number of halogens is 1. The maximum atomic E-state index is 13.0. The van der Waals surface area contributed by atoms with Crippen LogP contribution in [0.15, 0.2) is 53.5 Å². The first-order valence-corrected chi connectivity index (χ1v) is 10.2. The lowest BCUT2D eigenvalue weighted by atomic mass is 10.1. The molecule has 0 spiro atoms. The first kappa shape index (κ1) is 22.4. The predicted molar refractivity (Wildman–Crippen MR) is 117 cm³/mol. The van der Waals surface area contributed by atoms with Gasteiger partial charge in [-0.1, -0.05) is 31.2 Å². The molecule has 0 aromatic heterocycles. The molecule has 2 aromatic carbocycles. The van der Waals surface area contributed by atoms with Crippen molar-refractivity contribution in [3.05, 3.63) is 71.0 Å². The second kappa shape index (κ2) is 11.8. The van der Waals surface area contributed by atoms with Gasteiger partial charge >= 0.3 is 0 Å². The number of amides is 1. The topological polar surface area (TPSA) is 65.5 Å². The number of guanidine groups is 1. The van der Waals surface area contributed by atoms with Crippen LogP contribution in [0.5, 0.6) is 0 Å². The number of aliphatic imine (C=N–C) groups is 1. The van der Waals surface area contributed by atoms with Crippen LogP contribution < -0.4 is 16.0 Å². The molecule has 0 heterocycles. The monoisotopic (exact) mass is 398 g/mol. The average molecular weight is 399 g/mol. The Bertz CT molecular complexity index is 805. The number of nitrogens with zero attached hydrogens (tertiary/aromatic N) is 1. The molecule has 2 rings (SSSR count). The fourth-order valence-corrected chi connectivity index (χ4v) is 2.71. The Balaban J connectivity index is 1.94. The molecule has 0 aliphatic rings. The number of hydrogen-bond acceptors (Lipinski definition) is 2. The van der Waals surface area contributed by atoms with Crippen molar-refractivity contribution in [3.8, 4) is 0 Å². The van der Waals surface area contributed by atoms with E-state index >= 15 is 0 Å². The third-order valence-corrected chi connectivity index (χ3v) is 4.56. The molecule has 0 aliphatic carbocycles. The van der Waals surface area contributed by atoms with Crippen molar-refractivity contribution < 1.29 is 9.18 Å². The highest BCUT2D eigenvalue weighted by Gasteiger charge is 2.09. The summed E-state index contributed by atoms with van der Waals surface area (Å²) in [5.41, 5.74) is 2.68. The first-order chi connectivity index (χ1) is 14.0. The molecule has 0 aliphatic heterocycles. The Hall–Kier alpha value is -2.89. The highest BCUT2D eigenvalue weighted by Crippen LogP contribution is 2.08. The van der Waals surface area contributed by atoms with Crippen LogP contribution in [0.1, 0.15) is 48.7 Å². The van der Waals surface area contributed by atoms with Crippen LogP contribution in [-0.4, -0.2) is 31.0 Å². The molecule has 5 nitrogen and oxygen atoms in total. The smallest absolute Gasteiger partial charge is 0.251 e. The predicted octanol–water partition coefficient (Wildman–Crippen LogP) is 3.65. The normalized spacial score (nSPS) is 12.3. The van der Waals surface area contributed by atoms with Gasteiger partial charge in [-0.15, -0.1) is 0 Å². The van der Waals surface area contributed by atoms with Crippen LogP contribution in [0.4, 0.5) is 4.39 Å². The van der Waals surface area contributed by atoms with Gasteiger partial charge in [-0.25, -0.2) is 9.38 Å². The van der Waals surface area contributed by atoms with Gasteiger partial charge in [0.2, 0.25) is 0 Å². The van der Waals surface area contributed by atoms with Crippen molar-refractivity contribution in [1.82, 2.24) is 16.0 Å². The summed E-state index contributed by atoms with van der Waals surface area (Å²) >= 11 is 0. The second-order valence-corrected chi connectivity index (χ2v) is 6.98. The fraction of sp³-hybridized carbons (Fsp3) is 0.391. The molecule has 6 heteroatoms. The maximum absolute atomic E-state index is 13.0. The van der Waals surface area contributed by atoms with Gasteiger partial charge in [-0.2, -0.15) is 0 Å². The van der Waals surface area contributed by atoms with Gasteiger partial charge in [0.05, 0.1) is 6.54 Å². The highest BCUT2D eigenvalue weighted by atomic mass is 19.1. The van der Waals surface area contributed by atoms with E-state index in [1.165, 1.54) is 12.1 Å². The standard InChI is InChI=1S/C23H31FN4O/c1-4-17(3)28-22(29)20-8-6-7-19(15-20)16-27-23(25-5-2)26-14-13-18-9-11-21(24)12-10-18/h6-12,15,17H,4-5,13-14,16H2,1-3H3,(H,28,29)(H2,25,26,27). The number of rotatable bonds is 9. The molecule has 1 unspecified atom stereocenters. The number of carbonyl (C=O) groups excluding carboxylic acids is 1. The molecule has 1 amide bonds. The van der Waals surface area contributed by atoms with Crippen molar-refractivity contribution >= 4 is 11.9 Å². The average Bonchev–Trinajstić information content (AvgIpc) is 2.73.